The van der Waals surface area contributed by atoms with Crippen LogP contribution in [-0.2, 0) is 11.3 Å². The number of halogens is 1. The maximum Gasteiger partial charge on any atom is 0.331 e. The van der Waals surface area contributed by atoms with Gasteiger partial charge in [0.05, 0.1) is 4.47 Å². The lowest BCUT2D eigenvalue weighted by atomic mass is 10.3. The van der Waals surface area contributed by atoms with E-state index in [2.05, 4.69) is 15.9 Å². The summed E-state index contributed by atoms with van der Waals surface area (Å²) in [6.07, 6.45) is 3.11. The van der Waals surface area contributed by atoms with E-state index in [-0.39, 0.29) is 17.7 Å². The van der Waals surface area contributed by atoms with Gasteiger partial charge in [0.15, 0.2) is 0 Å². The van der Waals surface area contributed by atoms with Gasteiger partial charge in [0.1, 0.15) is 0 Å². The minimum atomic E-state index is -0.974. The molecule has 0 aliphatic carbocycles. The van der Waals surface area contributed by atoms with Crippen molar-refractivity contribution < 1.29 is 9.90 Å². The first kappa shape index (κ1) is 11.7. The van der Waals surface area contributed by atoms with Crippen LogP contribution in [0, 0.1) is 0 Å². The Labute approximate surface area is 95.0 Å². The fraction of sp³-hybridized carbons (Fsp3) is 0.200. The third kappa shape index (κ3) is 3.06. The molecule has 0 spiro atoms. The summed E-state index contributed by atoms with van der Waals surface area (Å²) in [5.41, 5.74) is 0.0498. The third-order valence-electron chi connectivity index (χ3n) is 1.91. The van der Waals surface area contributed by atoms with Crippen molar-refractivity contribution in [2.45, 2.75) is 13.5 Å². The first-order valence-corrected chi connectivity index (χ1v) is 5.06. The molecule has 1 N–H and O–H groups in total. The van der Waals surface area contributed by atoms with Crippen LogP contribution in [0.4, 0.5) is 0 Å². The number of aliphatic carboxylic acids is 1. The van der Waals surface area contributed by atoms with Crippen LogP contribution in [0.2, 0.25) is 0 Å². The average molecular weight is 272 g/mol. The molecule has 0 aliphatic heterocycles. The minimum Gasteiger partial charge on any atom is -0.478 e. The predicted octanol–water partition coefficient (Wildman–Crippen LogP) is 1.64. The van der Waals surface area contributed by atoms with Crippen molar-refractivity contribution in [1.82, 2.24) is 4.57 Å². The molecular formula is C10H10BrNO3. The zero-order valence-electron chi connectivity index (χ0n) is 8.11. The molecule has 1 rings (SSSR count). The zero-order chi connectivity index (χ0) is 11.4. The first-order chi connectivity index (χ1) is 7.02. The van der Waals surface area contributed by atoms with Gasteiger partial charge in [0.2, 0.25) is 0 Å². The quantitative estimate of drug-likeness (QED) is 0.851. The molecule has 0 fully saturated rings. The van der Waals surface area contributed by atoms with E-state index < -0.39 is 5.97 Å². The van der Waals surface area contributed by atoms with Crippen molar-refractivity contribution in [1.29, 1.82) is 0 Å². The molecule has 1 aromatic heterocycles. The normalized spacial score (nSPS) is 11.5. The maximum atomic E-state index is 11.5. The number of nitrogens with zero attached hydrogens (tertiary/aromatic N) is 1. The summed E-state index contributed by atoms with van der Waals surface area (Å²) in [7, 11) is 0. The van der Waals surface area contributed by atoms with Crippen LogP contribution in [0.15, 0.2) is 39.2 Å². The van der Waals surface area contributed by atoms with Gasteiger partial charge in [0, 0.05) is 18.3 Å². The van der Waals surface area contributed by atoms with Gasteiger partial charge >= 0.3 is 5.97 Å². The lowest BCUT2D eigenvalue weighted by molar-refractivity contribution is -0.132. The van der Waals surface area contributed by atoms with Crippen LogP contribution >= 0.6 is 15.9 Å². The van der Waals surface area contributed by atoms with Gasteiger partial charge in [-0.1, -0.05) is 6.08 Å². The number of carboxylic acids is 1. The fourth-order valence-corrected chi connectivity index (χ4v) is 1.35. The van der Waals surface area contributed by atoms with Crippen LogP contribution in [0.25, 0.3) is 0 Å². The van der Waals surface area contributed by atoms with Crippen molar-refractivity contribution in [3.63, 3.8) is 0 Å². The second kappa shape index (κ2) is 4.93. The van der Waals surface area contributed by atoms with Crippen LogP contribution in [0.3, 0.4) is 0 Å². The minimum absolute atomic E-state index is 0.174. The summed E-state index contributed by atoms with van der Waals surface area (Å²) < 4.78 is 1.89. The van der Waals surface area contributed by atoms with Gasteiger partial charge in [-0.05, 0) is 35.0 Å². The molecule has 15 heavy (non-hydrogen) atoms. The SMILES string of the molecule is C/C(=C/Cn1cccc(Br)c1=O)C(=O)O. The second-order valence-electron chi connectivity index (χ2n) is 3.01. The molecule has 0 saturated heterocycles. The number of carbonyl (C=O) groups is 1. The van der Waals surface area contributed by atoms with Crippen molar-refractivity contribution in [3.05, 3.63) is 44.8 Å². The Bertz CT molecular complexity index is 462. The molecule has 80 valence electrons. The molecule has 0 aromatic carbocycles. The van der Waals surface area contributed by atoms with Gasteiger partial charge in [-0.3, -0.25) is 4.79 Å². The Kier molecular flexibility index (Phi) is 3.85. The van der Waals surface area contributed by atoms with Crippen molar-refractivity contribution in [2.75, 3.05) is 0 Å². The lowest BCUT2D eigenvalue weighted by Gasteiger charge is -2.02. The Morgan fingerprint density at radius 1 is 1.67 bits per heavy atom. The van der Waals surface area contributed by atoms with Gasteiger partial charge < -0.3 is 9.67 Å². The fourth-order valence-electron chi connectivity index (χ4n) is 0.974. The Hall–Kier alpha value is -1.36. The highest BCUT2D eigenvalue weighted by molar-refractivity contribution is 9.10. The van der Waals surface area contributed by atoms with Crippen LogP contribution in [-0.4, -0.2) is 15.6 Å². The van der Waals surface area contributed by atoms with Gasteiger partial charge in [0.25, 0.3) is 5.56 Å². The van der Waals surface area contributed by atoms with Crippen LogP contribution < -0.4 is 5.56 Å². The van der Waals surface area contributed by atoms with E-state index >= 15 is 0 Å². The van der Waals surface area contributed by atoms with Crippen LogP contribution in [0.1, 0.15) is 6.92 Å². The number of rotatable bonds is 3. The first-order valence-electron chi connectivity index (χ1n) is 4.27. The molecule has 0 amide bonds. The second-order valence-corrected chi connectivity index (χ2v) is 3.86. The molecule has 1 aromatic rings. The van der Waals surface area contributed by atoms with Gasteiger partial charge in [-0.2, -0.15) is 0 Å². The topological polar surface area (TPSA) is 59.3 Å². The van der Waals surface area contributed by atoms with E-state index in [0.717, 1.165) is 0 Å². The molecule has 0 atom stereocenters. The van der Waals surface area contributed by atoms with Crippen molar-refractivity contribution in [2.24, 2.45) is 0 Å². The summed E-state index contributed by atoms with van der Waals surface area (Å²) in [4.78, 5) is 22.0. The standard InChI is InChI=1S/C10H10BrNO3/c1-7(10(14)15)4-6-12-5-2-3-8(11)9(12)13/h2-5H,6H2,1H3,(H,14,15)/b7-4-. The Morgan fingerprint density at radius 3 is 2.93 bits per heavy atom. The number of hydrogen-bond donors (Lipinski definition) is 1. The van der Waals surface area contributed by atoms with E-state index in [1.54, 1.807) is 18.3 Å². The molecule has 0 unspecified atom stereocenters. The predicted molar refractivity (Wildman–Crippen MR) is 59.8 cm³/mol. The van der Waals surface area contributed by atoms with E-state index in [1.807, 2.05) is 0 Å². The monoisotopic (exact) mass is 271 g/mol. The molecule has 5 heteroatoms. The van der Waals surface area contributed by atoms with Gasteiger partial charge in [-0.25, -0.2) is 4.79 Å². The summed E-state index contributed by atoms with van der Waals surface area (Å²) in [5.74, 6) is -0.974. The summed E-state index contributed by atoms with van der Waals surface area (Å²) in [6.45, 7) is 1.75. The van der Waals surface area contributed by atoms with Crippen LogP contribution in [0.5, 0.6) is 0 Å². The third-order valence-corrected chi connectivity index (χ3v) is 2.51. The number of aromatic nitrogens is 1. The average Bonchev–Trinajstić information content (AvgIpc) is 2.19. The lowest BCUT2D eigenvalue weighted by Crippen LogP contribution is -2.19. The maximum absolute atomic E-state index is 11.5. The number of allylic oxidation sites excluding steroid dienone is 1. The highest BCUT2D eigenvalue weighted by atomic mass is 79.9. The summed E-state index contributed by atoms with van der Waals surface area (Å²) >= 11 is 3.11. The molecule has 1 heterocycles. The summed E-state index contributed by atoms with van der Waals surface area (Å²) in [6, 6.07) is 3.36. The molecule has 0 bridgehead atoms. The van der Waals surface area contributed by atoms with E-state index in [4.69, 9.17) is 5.11 Å². The number of pyridine rings is 1. The van der Waals surface area contributed by atoms with E-state index in [0.29, 0.717) is 4.47 Å². The highest BCUT2D eigenvalue weighted by Gasteiger charge is 2.01. The van der Waals surface area contributed by atoms with Crippen molar-refractivity contribution >= 4 is 21.9 Å². The van der Waals surface area contributed by atoms with E-state index in [1.165, 1.54) is 17.6 Å². The highest BCUT2D eigenvalue weighted by Crippen LogP contribution is 2.01. The molecule has 4 nitrogen and oxygen atoms in total. The molecule has 0 aliphatic rings. The summed E-state index contributed by atoms with van der Waals surface area (Å²) in [5, 5.41) is 8.62. The largest absolute Gasteiger partial charge is 0.478 e. The Morgan fingerprint density at radius 2 is 2.33 bits per heavy atom. The number of hydrogen-bond acceptors (Lipinski definition) is 2. The van der Waals surface area contributed by atoms with E-state index in [9.17, 15) is 9.59 Å². The number of carboxylic acid groups (broad SMARTS) is 1. The zero-order valence-corrected chi connectivity index (χ0v) is 9.69. The smallest absolute Gasteiger partial charge is 0.331 e. The van der Waals surface area contributed by atoms with Crippen molar-refractivity contribution in [3.8, 4) is 0 Å². The molecule has 0 saturated carbocycles. The van der Waals surface area contributed by atoms with Gasteiger partial charge in [-0.15, -0.1) is 0 Å². The molecule has 0 radical (unpaired) electrons. The molecular weight excluding hydrogens is 262 g/mol. The Balaban J connectivity index is 2.92.